The number of nitro benzene ring substituents is 1. The van der Waals surface area contributed by atoms with Crippen molar-refractivity contribution in [1.82, 2.24) is 19.6 Å². The standard InChI is InChI=1S/C17H10ClN5O2/c18-13-6-4-11(5-7-13)16-20-17-19-9-8-15(22(17)21-16)12-2-1-3-14(10-12)23(24)25/h1-10H. The predicted molar refractivity (Wildman–Crippen MR) is 93.3 cm³/mol. The molecule has 4 aromatic rings. The van der Waals surface area contributed by atoms with Gasteiger partial charge in [-0.05, 0) is 30.3 Å². The van der Waals surface area contributed by atoms with Gasteiger partial charge >= 0.3 is 0 Å². The summed E-state index contributed by atoms with van der Waals surface area (Å²) in [5.74, 6) is 0.913. The van der Waals surface area contributed by atoms with Crippen molar-refractivity contribution in [2.75, 3.05) is 0 Å². The Morgan fingerprint density at radius 3 is 2.60 bits per heavy atom. The van der Waals surface area contributed by atoms with Crippen molar-refractivity contribution in [3.63, 3.8) is 0 Å². The molecule has 0 N–H and O–H groups in total. The van der Waals surface area contributed by atoms with E-state index in [1.807, 2.05) is 12.1 Å². The molecule has 7 nitrogen and oxygen atoms in total. The van der Waals surface area contributed by atoms with Gasteiger partial charge in [0, 0.05) is 34.5 Å². The van der Waals surface area contributed by atoms with Crippen LogP contribution in [0.25, 0.3) is 28.4 Å². The van der Waals surface area contributed by atoms with Crippen LogP contribution < -0.4 is 0 Å². The van der Waals surface area contributed by atoms with Crippen molar-refractivity contribution in [1.29, 1.82) is 0 Å². The quantitative estimate of drug-likeness (QED) is 0.411. The van der Waals surface area contributed by atoms with Gasteiger partial charge in [-0.2, -0.15) is 9.50 Å². The van der Waals surface area contributed by atoms with Crippen LogP contribution in [0.1, 0.15) is 0 Å². The minimum atomic E-state index is -0.428. The number of non-ortho nitro benzene ring substituents is 1. The van der Waals surface area contributed by atoms with Crippen LogP contribution >= 0.6 is 11.6 Å². The van der Waals surface area contributed by atoms with Crippen LogP contribution in [0.5, 0.6) is 0 Å². The lowest BCUT2D eigenvalue weighted by Gasteiger charge is -2.03. The smallest absolute Gasteiger partial charge is 0.258 e. The van der Waals surface area contributed by atoms with Gasteiger partial charge in [0.25, 0.3) is 11.5 Å². The maximum absolute atomic E-state index is 11.0. The first-order valence-electron chi connectivity index (χ1n) is 7.34. The number of aromatic nitrogens is 4. The Labute approximate surface area is 146 Å². The molecule has 8 heteroatoms. The average molecular weight is 352 g/mol. The zero-order valence-electron chi connectivity index (χ0n) is 12.7. The Balaban J connectivity index is 1.87. The first-order chi connectivity index (χ1) is 12.1. The summed E-state index contributed by atoms with van der Waals surface area (Å²) in [7, 11) is 0. The highest BCUT2D eigenvalue weighted by Crippen LogP contribution is 2.25. The third kappa shape index (κ3) is 2.81. The molecule has 0 aliphatic carbocycles. The molecule has 0 unspecified atom stereocenters. The van der Waals surface area contributed by atoms with E-state index in [-0.39, 0.29) is 5.69 Å². The summed E-state index contributed by atoms with van der Waals surface area (Å²) in [5.41, 5.74) is 2.15. The summed E-state index contributed by atoms with van der Waals surface area (Å²) in [6.07, 6.45) is 1.60. The minimum Gasteiger partial charge on any atom is -0.258 e. The summed E-state index contributed by atoms with van der Waals surface area (Å²) in [6.45, 7) is 0. The number of hydrogen-bond donors (Lipinski definition) is 0. The maximum Gasteiger partial charge on any atom is 0.270 e. The molecular weight excluding hydrogens is 342 g/mol. The molecule has 2 aromatic carbocycles. The largest absolute Gasteiger partial charge is 0.270 e. The molecule has 0 atom stereocenters. The average Bonchev–Trinajstić information content (AvgIpc) is 3.06. The number of halogens is 1. The van der Waals surface area contributed by atoms with Crippen LogP contribution in [0.15, 0.2) is 60.8 Å². The van der Waals surface area contributed by atoms with Gasteiger partial charge in [-0.3, -0.25) is 10.1 Å². The fourth-order valence-electron chi connectivity index (χ4n) is 2.51. The molecule has 0 aliphatic heterocycles. The van der Waals surface area contributed by atoms with E-state index in [0.29, 0.717) is 27.9 Å². The Bertz CT molecular complexity index is 1090. The zero-order valence-corrected chi connectivity index (χ0v) is 13.5. The van der Waals surface area contributed by atoms with Gasteiger partial charge < -0.3 is 0 Å². The van der Waals surface area contributed by atoms with Crippen molar-refractivity contribution in [3.8, 4) is 22.6 Å². The Kier molecular flexibility index (Phi) is 3.62. The van der Waals surface area contributed by atoms with Crippen molar-refractivity contribution in [2.24, 2.45) is 0 Å². The SMILES string of the molecule is O=[N+]([O-])c1cccc(-c2ccnc3nc(-c4ccc(Cl)cc4)nn23)c1. The monoisotopic (exact) mass is 351 g/mol. The second-order valence-corrected chi connectivity index (χ2v) is 5.73. The van der Waals surface area contributed by atoms with E-state index in [1.54, 1.807) is 41.0 Å². The van der Waals surface area contributed by atoms with Gasteiger partial charge in [-0.25, -0.2) is 4.98 Å². The molecule has 2 heterocycles. The molecule has 122 valence electrons. The van der Waals surface area contributed by atoms with Crippen LogP contribution in [0, 0.1) is 10.1 Å². The molecular formula is C17H10ClN5O2. The third-order valence-corrected chi connectivity index (χ3v) is 3.95. The van der Waals surface area contributed by atoms with Gasteiger partial charge in [0.05, 0.1) is 10.6 Å². The minimum absolute atomic E-state index is 0.0144. The zero-order chi connectivity index (χ0) is 17.4. The number of fused-ring (bicyclic) bond motifs is 1. The summed E-state index contributed by atoms with van der Waals surface area (Å²) in [5, 5.41) is 16.1. The first-order valence-corrected chi connectivity index (χ1v) is 7.72. The summed E-state index contributed by atoms with van der Waals surface area (Å²) in [6, 6.07) is 15.3. The van der Waals surface area contributed by atoms with Gasteiger partial charge in [0.2, 0.25) is 0 Å². The summed E-state index contributed by atoms with van der Waals surface area (Å²) >= 11 is 5.91. The third-order valence-electron chi connectivity index (χ3n) is 3.70. The van der Waals surface area contributed by atoms with E-state index in [9.17, 15) is 10.1 Å². The molecule has 0 aliphatic rings. The Morgan fingerprint density at radius 2 is 1.84 bits per heavy atom. The molecule has 0 saturated carbocycles. The maximum atomic E-state index is 11.0. The molecule has 4 rings (SSSR count). The van der Waals surface area contributed by atoms with Crippen LogP contribution in [0.4, 0.5) is 5.69 Å². The predicted octanol–water partition coefficient (Wildman–Crippen LogP) is 4.02. The molecule has 25 heavy (non-hydrogen) atoms. The molecule has 2 aromatic heterocycles. The van der Waals surface area contributed by atoms with E-state index in [4.69, 9.17) is 11.6 Å². The van der Waals surface area contributed by atoms with Crippen molar-refractivity contribution >= 4 is 23.1 Å². The molecule has 0 amide bonds. The van der Waals surface area contributed by atoms with Gasteiger partial charge in [-0.1, -0.05) is 23.7 Å². The van der Waals surface area contributed by atoms with E-state index in [0.717, 1.165) is 5.56 Å². The lowest BCUT2D eigenvalue weighted by atomic mass is 10.1. The highest BCUT2D eigenvalue weighted by atomic mass is 35.5. The molecule has 0 spiro atoms. The number of rotatable bonds is 3. The topological polar surface area (TPSA) is 86.2 Å². The van der Waals surface area contributed by atoms with E-state index in [2.05, 4.69) is 15.1 Å². The lowest BCUT2D eigenvalue weighted by Crippen LogP contribution is -1.96. The normalized spacial score (nSPS) is 10.9. The van der Waals surface area contributed by atoms with E-state index in [1.165, 1.54) is 12.1 Å². The number of benzene rings is 2. The highest BCUT2D eigenvalue weighted by molar-refractivity contribution is 6.30. The van der Waals surface area contributed by atoms with Gasteiger partial charge in [0.15, 0.2) is 5.82 Å². The number of hydrogen-bond acceptors (Lipinski definition) is 5. The van der Waals surface area contributed by atoms with Crippen LogP contribution in [0.2, 0.25) is 5.02 Å². The second-order valence-electron chi connectivity index (χ2n) is 5.29. The van der Waals surface area contributed by atoms with E-state index < -0.39 is 4.92 Å². The number of nitrogens with zero attached hydrogens (tertiary/aromatic N) is 5. The molecule has 0 bridgehead atoms. The van der Waals surface area contributed by atoms with Crippen LogP contribution in [0.3, 0.4) is 0 Å². The number of nitro groups is 1. The van der Waals surface area contributed by atoms with Crippen molar-refractivity contribution in [3.05, 3.63) is 75.9 Å². The van der Waals surface area contributed by atoms with E-state index >= 15 is 0 Å². The Hall–Kier alpha value is -3.32. The highest BCUT2D eigenvalue weighted by Gasteiger charge is 2.13. The Morgan fingerprint density at radius 1 is 1.04 bits per heavy atom. The summed E-state index contributed by atoms with van der Waals surface area (Å²) in [4.78, 5) is 19.2. The fraction of sp³-hybridized carbons (Fsp3) is 0. The van der Waals surface area contributed by atoms with Gasteiger partial charge in [-0.15, -0.1) is 5.10 Å². The molecule has 0 radical (unpaired) electrons. The van der Waals surface area contributed by atoms with Gasteiger partial charge in [0.1, 0.15) is 0 Å². The lowest BCUT2D eigenvalue weighted by molar-refractivity contribution is -0.384. The fourth-order valence-corrected chi connectivity index (χ4v) is 2.64. The molecule has 0 saturated heterocycles. The summed E-state index contributed by atoms with van der Waals surface area (Å²) < 4.78 is 1.57. The molecule has 0 fully saturated rings. The van der Waals surface area contributed by atoms with Crippen LogP contribution in [-0.4, -0.2) is 24.5 Å². The second kappa shape index (κ2) is 5.95. The van der Waals surface area contributed by atoms with Crippen molar-refractivity contribution in [2.45, 2.75) is 0 Å². The van der Waals surface area contributed by atoms with Crippen molar-refractivity contribution < 1.29 is 4.92 Å². The first kappa shape index (κ1) is 15.2. The van der Waals surface area contributed by atoms with Crippen LogP contribution in [-0.2, 0) is 0 Å².